The Morgan fingerprint density at radius 1 is 1.50 bits per heavy atom. The van der Waals surface area contributed by atoms with Crippen LogP contribution in [0.2, 0.25) is 0 Å². The molecule has 1 aliphatic heterocycles. The molecule has 0 radical (unpaired) electrons. The highest BCUT2D eigenvalue weighted by atomic mass is 32.1. The maximum Gasteiger partial charge on any atom is 0.443 e. The Kier molecular flexibility index (Phi) is 4.21. The van der Waals surface area contributed by atoms with Gasteiger partial charge in [0.1, 0.15) is 0 Å². The average Bonchev–Trinajstić information content (AvgIpc) is 2.95. The maximum atomic E-state index is 12.5. The number of nitrogens with one attached hydrogen (secondary N) is 1. The van der Waals surface area contributed by atoms with Gasteiger partial charge in [-0.25, -0.2) is 4.98 Å². The Morgan fingerprint density at radius 3 is 2.67 bits per heavy atom. The molecule has 0 bridgehead atoms. The van der Waals surface area contributed by atoms with E-state index in [1.165, 1.54) is 6.20 Å². The molecule has 0 saturated carbocycles. The minimum atomic E-state index is -4.39. The number of aromatic nitrogens is 1. The Bertz CT molecular complexity index is 391. The van der Waals surface area contributed by atoms with Crippen molar-refractivity contribution in [1.82, 2.24) is 10.3 Å². The molecule has 18 heavy (non-hydrogen) atoms. The van der Waals surface area contributed by atoms with Crippen LogP contribution in [0, 0.1) is 0 Å². The summed E-state index contributed by atoms with van der Waals surface area (Å²) in [6, 6.07) is -0.248. The number of hydrogen-bond donors (Lipinski definition) is 1. The first-order valence-corrected chi connectivity index (χ1v) is 6.25. The molecule has 0 aliphatic carbocycles. The van der Waals surface area contributed by atoms with Gasteiger partial charge in [-0.3, -0.25) is 0 Å². The molecule has 0 spiro atoms. The van der Waals surface area contributed by atoms with Crippen LogP contribution in [0.15, 0.2) is 6.20 Å². The first kappa shape index (κ1) is 13.7. The number of rotatable bonds is 4. The van der Waals surface area contributed by atoms with Gasteiger partial charge in [0.25, 0.3) is 0 Å². The van der Waals surface area contributed by atoms with E-state index < -0.39 is 11.2 Å². The molecule has 0 amide bonds. The average molecular weight is 282 g/mol. The number of hydrogen-bond acceptors (Lipinski definition) is 5. The van der Waals surface area contributed by atoms with Gasteiger partial charge in [0, 0.05) is 23.5 Å². The Morgan fingerprint density at radius 2 is 2.17 bits per heavy atom. The summed E-state index contributed by atoms with van der Waals surface area (Å²) in [5, 5.41) is 2.13. The molecule has 0 aromatic carbocycles. The number of halogens is 3. The van der Waals surface area contributed by atoms with Crippen LogP contribution in [0.5, 0.6) is 0 Å². The standard InChI is InChI=1S/C10H13F3N2O2S/c1-14-6(4-8-16-2-3-17-8)7-5-15-9(18-7)10(11,12)13/h5-6,8,14H,2-4H2,1H3. The first-order valence-electron chi connectivity index (χ1n) is 5.44. The first-order chi connectivity index (χ1) is 8.50. The van der Waals surface area contributed by atoms with Crippen molar-refractivity contribution in [1.29, 1.82) is 0 Å². The van der Waals surface area contributed by atoms with Gasteiger partial charge in [-0.15, -0.1) is 11.3 Å². The van der Waals surface area contributed by atoms with Crippen molar-refractivity contribution in [3.8, 4) is 0 Å². The van der Waals surface area contributed by atoms with Crippen molar-refractivity contribution in [2.45, 2.75) is 24.9 Å². The zero-order valence-electron chi connectivity index (χ0n) is 9.66. The molecule has 102 valence electrons. The summed E-state index contributed by atoms with van der Waals surface area (Å²) < 4.78 is 47.9. The molecule has 2 heterocycles. The van der Waals surface area contributed by atoms with Crippen LogP contribution in [0.3, 0.4) is 0 Å². The van der Waals surface area contributed by atoms with Crippen molar-refractivity contribution in [3.63, 3.8) is 0 Å². The molecule has 1 unspecified atom stereocenters. The lowest BCUT2D eigenvalue weighted by Crippen LogP contribution is -2.22. The SMILES string of the molecule is CNC(CC1OCCO1)c1cnc(C(F)(F)F)s1. The van der Waals surface area contributed by atoms with Gasteiger partial charge in [-0.2, -0.15) is 13.2 Å². The lowest BCUT2D eigenvalue weighted by atomic mass is 10.2. The minimum Gasteiger partial charge on any atom is -0.350 e. The lowest BCUT2D eigenvalue weighted by Gasteiger charge is -2.17. The van der Waals surface area contributed by atoms with Crippen molar-refractivity contribution in [2.24, 2.45) is 0 Å². The lowest BCUT2D eigenvalue weighted by molar-refractivity contribution is -0.137. The second-order valence-corrected chi connectivity index (χ2v) is 4.88. The number of ether oxygens (including phenoxy) is 2. The molecule has 8 heteroatoms. The van der Waals surface area contributed by atoms with Gasteiger partial charge < -0.3 is 14.8 Å². The summed E-state index contributed by atoms with van der Waals surface area (Å²) in [6.45, 7) is 1.05. The highest BCUT2D eigenvalue weighted by molar-refractivity contribution is 7.11. The van der Waals surface area contributed by atoms with Crippen LogP contribution in [-0.4, -0.2) is 31.5 Å². The topological polar surface area (TPSA) is 43.4 Å². The monoisotopic (exact) mass is 282 g/mol. The molecule has 1 fully saturated rings. The fourth-order valence-electron chi connectivity index (χ4n) is 1.69. The zero-order chi connectivity index (χ0) is 13.2. The molecular weight excluding hydrogens is 269 g/mol. The van der Waals surface area contributed by atoms with Crippen molar-refractivity contribution in [3.05, 3.63) is 16.1 Å². The van der Waals surface area contributed by atoms with Gasteiger partial charge in [0.15, 0.2) is 11.3 Å². The van der Waals surface area contributed by atoms with Crippen molar-refractivity contribution in [2.75, 3.05) is 20.3 Å². The zero-order valence-corrected chi connectivity index (χ0v) is 10.5. The summed E-state index contributed by atoms with van der Waals surface area (Å²) in [7, 11) is 1.69. The number of nitrogens with zero attached hydrogens (tertiary/aromatic N) is 1. The van der Waals surface area contributed by atoms with Gasteiger partial charge in [0.05, 0.1) is 13.2 Å². The third-order valence-corrected chi connectivity index (χ3v) is 3.73. The summed E-state index contributed by atoms with van der Waals surface area (Å²) in [5.74, 6) is 0. The largest absolute Gasteiger partial charge is 0.443 e. The molecule has 1 aliphatic rings. The normalized spacial score (nSPS) is 19.3. The molecule has 4 nitrogen and oxygen atoms in total. The fourth-order valence-corrected chi connectivity index (χ4v) is 2.60. The van der Waals surface area contributed by atoms with E-state index in [0.717, 1.165) is 0 Å². The van der Waals surface area contributed by atoms with Crippen molar-refractivity contribution >= 4 is 11.3 Å². The molecule has 2 rings (SSSR count). The quantitative estimate of drug-likeness (QED) is 0.919. The highest BCUT2D eigenvalue weighted by Gasteiger charge is 2.35. The van der Waals surface area contributed by atoms with Gasteiger partial charge in [-0.05, 0) is 7.05 Å². The molecular formula is C10H13F3N2O2S. The summed E-state index contributed by atoms with van der Waals surface area (Å²) in [5.41, 5.74) is 0. The van der Waals surface area contributed by atoms with E-state index in [9.17, 15) is 13.2 Å². The third kappa shape index (κ3) is 3.19. The number of thiazole rings is 1. The van der Waals surface area contributed by atoms with Crippen LogP contribution in [0.1, 0.15) is 22.3 Å². The Labute approximate surface area is 106 Å². The fraction of sp³-hybridized carbons (Fsp3) is 0.700. The van der Waals surface area contributed by atoms with Gasteiger partial charge in [0.2, 0.25) is 0 Å². The Balaban J connectivity index is 2.05. The summed E-state index contributed by atoms with van der Waals surface area (Å²) in [4.78, 5) is 3.93. The van der Waals surface area contributed by atoms with Crippen LogP contribution < -0.4 is 5.32 Å². The van der Waals surface area contributed by atoms with E-state index in [4.69, 9.17) is 9.47 Å². The van der Waals surface area contributed by atoms with E-state index in [0.29, 0.717) is 35.8 Å². The second kappa shape index (κ2) is 5.52. The van der Waals surface area contributed by atoms with E-state index in [-0.39, 0.29) is 12.3 Å². The summed E-state index contributed by atoms with van der Waals surface area (Å²) in [6.07, 6.45) is -3.03. The van der Waals surface area contributed by atoms with E-state index in [2.05, 4.69) is 10.3 Å². The molecule has 1 atom stereocenters. The maximum absolute atomic E-state index is 12.5. The third-order valence-electron chi connectivity index (χ3n) is 2.58. The van der Waals surface area contributed by atoms with Gasteiger partial charge in [-0.1, -0.05) is 0 Å². The van der Waals surface area contributed by atoms with E-state index in [1.54, 1.807) is 7.05 Å². The predicted molar refractivity (Wildman–Crippen MR) is 59.2 cm³/mol. The predicted octanol–water partition coefficient (Wildman–Crippen LogP) is 2.19. The van der Waals surface area contributed by atoms with Crippen LogP contribution in [0.25, 0.3) is 0 Å². The van der Waals surface area contributed by atoms with E-state index in [1.807, 2.05) is 0 Å². The van der Waals surface area contributed by atoms with Crippen LogP contribution in [-0.2, 0) is 15.7 Å². The minimum absolute atomic E-state index is 0.248. The smallest absolute Gasteiger partial charge is 0.350 e. The van der Waals surface area contributed by atoms with Gasteiger partial charge >= 0.3 is 6.18 Å². The van der Waals surface area contributed by atoms with Crippen molar-refractivity contribution < 1.29 is 22.6 Å². The Hall–Kier alpha value is -0.700. The molecule has 1 saturated heterocycles. The van der Waals surface area contributed by atoms with Crippen LogP contribution >= 0.6 is 11.3 Å². The molecule has 1 aromatic rings. The van der Waals surface area contributed by atoms with Crippen LogP contribution in [0.4, 0.5) is 13.2 Å². The highest BCUT2D eigenvalue weighted by Crippen LogP contribution is 2.35. The molecule has 1 aromatic heterocycles. The van der Waals surface area contributed by atoms with E-state index >= 15 is 0 Å². The number of alkyl halides is 3. The second-order valence-electron chi connectivity index (χ2n) is 3.81. The summed E-state index contributed by atoms with van der Waals surface area (Å²) >= 11 is 0.646. The molecule has 1 N–H and O–H groups in total.